The van der Waals surface area contributed by atoms with Crippen LogP contribution in [0.3, 0.4) is 0 Å². The Morgan fingerprint density at radius 1 is 1.10 bits per heavy atom. The van der Waals surface area contributed by atoms with Crippen molar-refractivity contribution in [1.29, 1.82) is 5.26 Å². The third kappa shape index (κ3) is 5.18. The molecule has 10 heteroatoms. The van der Waals surface area contributed by atoms with E-state index in [9.17, 15) is 23.5 Å². The Labute approximate surface area is 229 Å². The fourth-order valence-corrected chi connectivity index (χ4v) is 6.01. The lowest BCUT2D eigenvalue weighted by atomic mass is 9.85. The van der Waals surface area contributed by atoms with Gasteiger partial charge in [0.15, 0.2) is 0 Å². The van der Waals surface area contributed by atoms with E-state index < -0.39 is 18.2 Å². The maximum absolute atomic E-state index is 13.3. The molecule has 1 N–H and O–H groups in total. The summed E-state index contributed by atoms with van der Waals surface area (Å²) in [6.07, 6.45) is 4.06. The molecule has 2 saturated carbocycles. The summed E-state index contributed by atoms with van der Waals surface area (Å²) in [7, 11) is 1.80. The van der Waals surface area contributed by atoms with Gasteiger partial charge in [0.05, 0.1) is 41.1 Å². The number of rotatable bonds is 7. The van der Waals surface area contributed by atoms with Gasteiger partial charge in [0, 0.05) is 35.8 Å². The van der Waals surface area contributed by atoms with Crippen LogP contribution in [0.1, 0.15) is 62.1 Å². The van der Waals surface area contributed by atoms with Crippen molar-refractivity contribution in [2.75, 3.05) is 0 Å². The number of fused-ring (bicyclic) bond motifs is 1. The van der Waals surface area contributed by atoms with E-state index in [1.807, 2.05) is 35.0 Å². The number of ether oxygens (including phenoxy) is 1. The number of aliphatic hydroxyl groups excluding tert-OH is 1. The Morgan fingerprint density at radius 2 is 1.88 bits per heavy atom. The molecular weight excluding hydrogens is 519 g/mol. The van der Waals surface area contributed by atoms with Crippen molar-refractivity contribution in [3.8, 4) is 34.5 Å². The summed E-state index contributed by atoms with van der Waals surface area (Å²) in [5.41, 5.74) is 3.46. The molecule has 6 rings (SSSR count). The molecule has 0 aliphatic heterocycles. The minimum Gasteiger partial charge on any atom is -0.405 e. The zero-order valence-corrected chi connectivity index (χ0v) is 22.2. The van der Waals surface area contributed by atoms with E-state index in [0.717, 1.165) is 66.8 Å². The Morgan fingerprint density at radius 3 is 2.58 bits per heavy atom. The first-order chi connectivity index (χ1) is 19.2. The molecule has 40 heavy (non-hydrogen) atoms. The van der Waals surface area contributed by atoms with Gasteiger partial charge in [0.25, 0.3) is 0 Å². The Bertz CT molecular complexity index is 1590. The molecule has 2 aromatic heterocycles. The van der Waals surface area contributed by atoms with Crippen molar-refractivity contribution in [3.63, 3.8) is 0 Å². The highest BCUT2D eigenvalue weighted by Gasteiger charge is 2.36. The molecule has 0 radical (unpaired) electrons. The van der Waals surface area contributed by atoms with Gasteiger partial charge >= 0.3 is 6.36 Å². The van der Waals surface area contributed by atoms with Gasteiger partial charge in [-0.1, -0.05) is 31.4 Å². The van der Waals surface area contributed by atoms with E-state index >= 15 is 0 Å². The van der Waals surface area contributed by atoms with Crippen LogP contribution in [-0.2, 0) is 13.6 Å². The normalized spacial score (nSPS) is 17.2. The van der Waals surface area contributed by atoms with E-state index in [2.05, 4.69) is 4.74 Å². The van der Waals surface area contributed by atoms with E-state index in [0.29, 0.717) is 18.1 Å². The SMILES string of the molecule is Cn1c(-c2ccc(C#N)cc2OC(F)(F)F)nc(-c2cccc3nn(CC(O)C4CCCCC4)cc23)c1C1CC1. The van der Waals surface area contributed by atoms with E-state index in [1.165, 1.54) is 18.6 Å². The first kappa shape index (κ1) is 26.4. The molecule has 0 amide bonds. The van der Waals surface area contributed by atoms with Crippen LogP contribution in [-0.4, -0.2) is 36.9 Å². The summed E-state index contributed by atoms with van der Waals surface area (Å²) < 4.78 is 47.8. The maximum atomic E-state index is 13.3. The maximum Gasteiger partial charge on any atom is 0.573 e. The topological polar surface area (TPSA) is 88.9 Å². The Kier molecular flexibility index (Phi) is 6.78. The van der Waals surface area contributed by atoms with Crippen LogP contribution in [0.25, 0.3) is 33.5 Å². The summed E-state index contributed by atoms with van der Waals surface area (Å²) in [5.74, 6) is 0.389. The van der Waals surface area contributed by atoms with Gasteiger partial charge in [0.2, 0.25) is 0 Å². The number of aliphatic hydroxyl groups is 1. The minimum atomic E-state index is -4.92. The summed E-state index contributed by atoms with van der Waals surface area (Å²) >= 11 is 0. The number of hydrogen-bond donors (Lipinski definition) is 1. The monoisotopic (exact) mass is 549 g/mol. The lowest BCUT2D eigenvalue weighted by molar-refractivity contribution is -0.274. The second kappa shape index (κ2) is 10.3. The third-order valence-corrected chi connectivity index (χ3v) is 8.10. The predicted molar refractivity (Wildman–Crippen MR) is 143 cm³/mol. The van der Waals surface area contributed by atoms with Gasteiger partial charge in [-0.25, -0.2) is 4.98 Å². The number of nitriles is 1. The average molecular weight is 550 g/mol. The van der Waals surface area contributed by atoms with Crippen LogP contribution in [0.4, 0.5) is 13.2 Å². The van der Waals surface area contributed by atoms with Crippen LogP contribution in [0.2, 0.25) is 0 Å². The molecule has 2 aliphatic carbocycles. The van der Waals surface area contributed by atoms with Crippen LogP contribution < -0.4 is 4.74 Å². The molecule has 2 aliphatic rings. The van der Waals surface area contributed by atoms with Crippen molar-refractivity contribution in [2.45, 2.75) is 69.9 Å². The third-order valence-electron chi connectivity index (χ3n) is 8.10. The number of halogens is 3. The summed E-state index contributed by atoms with van der Waals surface area (Å²) in [6, 6.07) is 11.7. The standard InChI is InChI=1S/C30H30F3N5O2/c1-37-28(20-11-12-20)27(35-29(37)22-13-10-18(15-34)14-26(22)40-30(31,32)33)21-8-5-9-24-23(21)16-38(36-24)17-25(39)19-6-3-2-4-7-19/h5,8-10,13-14,16,19-20,25,39H,2-4,6-7,11-12,17H2,1H3. The van der Waals surface area contributed by atoms with Crippen LogP contribution >= 0.6 is 0 Å². The molecule has 2 aromatic carbocycles. The van der Waals surface area contributed by atoms with E-state index in [-0.39, 0.29) is 23.0 Å². The van der Waals surface area contributed by atoms with Crippen molar-refractivity contribution >= 4 is 10.9 Å². The molecule has 1 atom stereocenters. The Balaban J connectivity index is 1.42. The quantitative estimate of drug-likeness (QED) is 0.277. The molecular formula is C30H30F3N5O2. The van der Waals surface area contributed by atoms with Gasteiger partial charge < -0.3 is 14.4 Å². The van der Waals surface area contributed by atoms with Gasteiger partial charge in [0.1, 0.15) is 11.6 Å². The zero-order chi connectivity index (χ0) is 28.0. The highest BCUT2D eigenvalue weighted by Crippen LogP contribution is 2.47. The number of benzene rings is 2. The van der Waals surface area contributed by atoms with Gasteiger partial charge in [-0.15, -0.1) is 13.2 Å². The fraction of sp³-hybridized carbons (Fsp3) is 0.433. The van der Waals surface area contributed by atoms with Crippen LogP contribution in [0.15, 0.2) is 42.6 Å². The van der Waals surface area contributed by atoms with E-state index in [1.54, 1.807) is 11.7 Å². The first-order valence-electron chi connectivity index (χ1n) is 13.7. The summed E-state index contributed by atoms with van der Waals surface area (Å²) in [6.45, 7) is 0.408. The highest BCUT2D eigenvalue weighted by molar-refractivity contribution is 5.94. The molecule has 7 nitrogen and oxygen atoms in total. The largest absolute Gasteiger partial charge is 0.573 e. The van der Waals surface area contributed by atoms with Crippen molar-refractivity contribution in [1.82, 2.24) is 19.3 Å². The lowest BCUT2D eigenvalue weighted by Crippen LogP contribution is -2.27. The first-order valence-corrected chi connectivity index (χ1v) is 13.7. The molecule has 2 fully saturated rings. The number of hydrogen-bond acceptors (Lipinski definition) is 5. The zero-order valence-electron chi connectivity index (χ0n) is 22.2. The van der Waals surface area contributed by atoms with Gasteiger partial charge in [-0.2, -0.15) is 10.4 Å². The van der Waals surface area contributed by atoms with E-state index in [4.69, 9.17) is 10.1 Å². The van der Waals surface area contributed by atoms with Crippen molar-refractivity contribution in [3.05, 3.63) is 53.9 Å². The molecule has 0 saturated heterocycles. The molecule has 4 aromatic rings. The molecule has 2 heterocycles. The van der Waals surface area contributed by atoms with Gasteiger partial charge in [-0.3, -0.25) is 4.68 Å². The molecule has 1 unspecified atom stereocenters. The number of nitrogens with zero attached hydrogens (tertiary/aromatic N) is 5. The minimum absolute atomic E-state index is 0.0624. The number of aromatic nitrogens is 4. The number of imidazole rings is 1. The summed E-state index contributed by atoms with van der Waals surface area (Å²) in [5, 5.41) is 25.7. The van der Waals surface area contributed by atoms with Crippen LogP contribution in [0, 0.1) is 17.2 Å². The van der Waals surface area contributed by atoms with Crippen molar-refractivity contribution in [2.24, 2.45) is 13.0 Å². The average Bonchev–Trinajstić information content (AvgIpc) is 3.59. The summed E-state index contributed by atoms with van der Waals surface area (Å²) in [4.78, 5) is 4.90. The Hall–Kier alpha value is -3.84. The van der Waals surface area contributed by atoms with Crippen molar-refractivity contribution < 1.29 is 23.0 Å². The predicted octanol–water partition coefficient (Wildman–Crippen LogP) is 6.69. The number of alkyl halides is 3. The lowest BCUT2D eigenvalue weighted by Gasteiger charge is -2.26. The second-order valence-corrected chi connectivity index (χ2v) is 10.9. The molecule has 208 valence electrons. The highest BCUT2D eigenvalue weighted by atomic mass is 19.4. The molecule has 0 bridgehead atoms. The smallest absolute Gasteiger partial charge is 0.405 e. The fourth-order valence-electron chi connectivity index (χ4n) is 6.01. The second-order valence-electron chi connectivity index (χ2n) is 10.9. The molecule has 0 spiro atoms. The van der Waals surface area contributed by atoms with Gasteiger partial charge in [-0.05, 0) is 55.9 Å². The van der Waals surface area contributed by atoms with Crippen LogP contribution in [0.5, 0.6) is 5.75 Å².